The first kappa shape index (κ1) is 20.3. The number of ether oxygens (including phenoxy) is 1. The summed E-state index contributed by atoms with van der Waals surface area (Å²) in [5, 5.41) is 4.00. The van der Waals surface area contributed by atoms with Crippen molar-refractivity contribution in [1.82, 2.24) is 15.2 Å². The third-order valence-electron chi connectivity index (χ3n) is 6.25. The number of nitrogens with one attached hydrogen (secondary N) is 1. The van der Waals surface area contributed by atoms with E-state index in [-0.39, 0.29) is 17.4 Å². The van der Waals surface area contributed by atoms with Gasteiger partial charge in [0.2, 0.25) is 5.91 Å². The van der Waals surface area contributed by atoms with Crippen LogP contribution in [0.3, 0.4) is 0 Å². The molecule has 154 valence electrons. The Balaban J connectivity index is 1.43. The van der Waals surface area contributed by atoms with Gasteiger partial charge in [-0.05, 0) is 62.1 Å². The first-order valence-corrected chi connectivity index (χ1v) is 10.8. The van der Waals surface area contributed by atoms with Gasteiger partial charge in [-0.2, -0.15) is 0 Å². The highest BCUT2D eigenvalue weighted by molar-refractivity contribution is 6.30. The van der Waals surface area contributed by atoms with Crippen LogP contribution in [0.2, 0.25) is 5.02 Å². The van der Waals surface area contributed by atoms with Crippen LogP contribution >= 0.6 is 11.6 Å². The Morgan fingerprint density at radius 2 is 2.10 bits per heavy atom. The van der Waals surface area contributed by atoms with E-state index >= 15 is 0 Å². The van der Waals surface area contributed by atoms with Crippen LogP contribution < -0.4 is 5.32 Å². The highest BCUT2D eigenvalue weighted by Crippen LogP contribution is 2.35. The van der Waals surface area contributed by atoms with Gasteiger partial charge in [-0.1, -0.05) is 29.8 Å². The third-order valence-corrected chi connectivity index (χ3v) is 6.48. The molecule has 1 N–H and O–H groups in total. The molecule has 1 atom stereocenters. The van der Waals surface area contributed by atoms with E-state index in [1.807, 2.05) is 36.4 Å². The molecule has 0 spiro atoms. The van der Waals surface area contributed by atoms with Crippen molar-refractivity contribution < 1.29 is 9.53 Å². The minimum atomic E-state index is -0.122. The number of hydrogen-bond acceptors (Lipinski definition) is 4. The van der Waals surface area contributed by atoms with E-state index in [0.717, 1.165) is 42.9 Å². The van der Waals surface area contributed by atoms with Crippen molar-refractivity contribution in [3.05, 3.63) is 64.9 Å². The summed E-state index contributed by atoms with van der Waals surface area (Å²) in [6, 6.07) is 13.9. The predicted molar refractivity (Wildman–Crippen MR) is 114 cm³/mol. The van der Waals surface area contributed by atoms with Crippen LogP contribution in [0.1, 0.15) is 36.9 Å². The second-order valence-electron chi connectivity index (χ2n) is 8.07. The second kappa shape index (κ2) is 9.24. The fourth-order valence-corrected chi connectivity index (χ4v) is 4.72. The number of rotatable bonds is 6. The Hall–Kier alpha value is -1.95. The van der Waals surface area contributed by atoms with Crippen LogP contribution in [0.25, 0.3) is 0 Å². The van der Waals surface area contributed by atoms with Crippen LogP contribution in [0.5, 0.6) is 0 Å². The zero-order valence-electron chi connectivity index (χ0n) is 16.6. The van der Waals surface area contributed by atoms with E-state index < -0.39 is 0 Å². The quantitative estimate of drug-likeness (QED) is 0.786. The Labute approximate surface area is 177 Å². The molecule has 2 saturated heterocycles. The minimum Gasteiger partial charge on any atom is -0.381 e. The molecule has 1 amide bonds. The monoisotopic (exact) mass is 413 g/mol. The number of halogens is 1. The van der Waals surface area contributed by atoms with Gasteiger partial charge in [0, 0.05) is 42.9 Å². The summed E-state index contributed by atoms with van der Waals surface area (Å²) in [6.45, 7) is 3.67. The summed E-state index contributed by atoms with van der Waals surface area (Å²) in [4.78, 5) is 19.8. The molecule has 2 fully saturated rings. The van der Waals surface area contributed by atoms with Gasteiger partial charge in [-0.3, -0.25) is 14.7 Å². The molecule has 1 aromatic heterocycles. The van der Waals surface area contributed by atoms with Crippen molar-refractivity contribution in [1.29, 1.82) is 0 Å². The normalized spacial score (nSPS) is 21.8. The third kappa shape index (κ3) is 4.80. The molecule has 2 aliphatic rings. The van der Waals surface area contributed by atoms with Crippen molar-refractivity contribution in [3.8, 4) is 0 Å². The van der Waals surface area contributed by atoms with Crippen molar-refractivity contribution in [2.45, 2.75) is 43.7 Å². The molecule has 3 heterocycles. The topological polar surface area (TPSA) is 54.5 Å². The van der Waals surface area contributed by atoms with Gasteiger partial charge in [0.05, 0.1) is 11.7 Å². The van der Waals surface area contributed by atoms with Crippen LogP contribution in [0, 0.1) is 0 Å². The molecule has 29 heavy (non-hydrogen) atoms. The van der Waals surface area contributed by atoms with Crippen molar-refractivity contribution in [3.63, 3.8) is 0 Å². The second-order valence-corrected chi connectivity index (χ2v) is 8.51. The minimum absolute atomic E-state index is 0.0896. The van der Waals surface area contributed by atoms with Gasteiger partial charge in [-0.25, -0.2) is 0 Å². The molecule has 0 bridgehead atoms. The van der Waals surface area contributed by atoms with Gasteiger partial charge in [0.25, 0.3) is 0 Å². The number of hydrogen-bond donors (Lipinski definition) is 1. The maximum atomic E-state index is 13.1. The number of carbonyl (C=O) groups is 1. The van der Waals surface area contributed by atoms with Crippen LogP contribution in [0.15, 0.2) is 48.7 Å². The maximum Gasteiger partial charge on any atom is 0.237 e. The lowest BCUT2D eigenvalue weighted by Crippen LogP contribution is -2.49. The van der Waals surface area contributed by atoms with Gasteiger partial charge in [0.15, 0.2) is 0 Å². The largest absolute Gasteiger partial charge is 0.381 e. The number of nitrogens with zero attached hydrogens (tertiary/aromatic N) is 2. The molecule has 0 radical (unpaired) electrons. The Kier molecular flexibility index (Phi) is 6.48. The van der Waals surface area contributed by atoms with Crippen molar-refractivity contribution in [2.75, 3.05) is 26.3 Å². The lowest BCUT2D eigenvalue weighted by atomic mass is 9.74. The summed E-state index contributed by atoms with van der Waals surface area (Å²) in [5.41, 5.74) is 2.07. The van der Waals surface area contributed by atoms with E-state index in [4.69, 9.17) is 16.3 Å². The summed E-state index contributed by atoms with van der Waals surface area (Å²) >= 11 is 6.26. The van der Waals surface area contributed by atoms with Crippen molar-refractivity contribution in [2.24, 2.45) is 0 Å². The number of carbonyl (C=O) groups excluding carboxylic acids is 1. The molecular formula is C23H28ClN3O2. The standard InChI is InChI=1S/C23H28ClN3O2/c24-19-6-3-5-18(15-19)23(9-13-29-14-10-23)17-26-22(28)21-8-4-12-27(21)16-20-7-1-2-11-25-20/h1-3,5-7,11,15,21H,4,8-10,12-14,16-17H2,(H,26,28). The van der Waals surface area contributed by atoms with E-state index in [9.17, 15) is 4.79 Å². The van der Waals surface area contributed by atoms with Crippen LogP contribution in [0.4, 0.5) is 0 Å². The summed E-state index contributed by atoms with van der Waals surface area (Å²) in [6.07, 6.45) is 5.51. The fraction of sp³-hybridized carbons (Fsp3) is 0.478. The molecule has 4 rings (SSSR count). The molecule has 5 nitrogen and oxygen atoms in total. The van der Waals surface area contributed by atoms with Crippen LogP contribution in [-0.2, 0) is 21.5 Å². The summed E-state index contributed by atoms with van der Waals surface area (Å²) < 4.78 is 5.61. The van der Waals surface area contributed by atoms with E-state index in [1.54, 1.807) is 6.20 Å². The van der Waals surface area contributed by atoms with Crippen LogP contribution in [-0.4, -0.2) is 48.1 Å². The Morgan fingerprint density at radius 3 is 2.86 bits per heavy atom. The Bertz CT molecular complexity index is 824. The zero-order valence-corrected chi connectivity index (χ0v) is 17.4. The molecule has 0 saturated carbocycles. The lowest BCUT2D eigenvalue weighted by Gasteiger charge is -2.38. The average Bonchev–Trinajstić information content (AvgIpc) is 3.22. The van der Waals surface area contributed by atoms with E-state index in [0.29, 0.717) is 26.3 Å². The number of aromatic nitrogens is 1. The Morgan fingerprint density at radius 1 is 1.24 bits per heavy atom. The molecule has 0 aliphatic carbocycles. The molecule has 1 unspecified atom stereocenters. The van der Waals surface area contributed by atoms with Gasteiger partial charge < -0.3 is 10.1 Å². The zero-order chi connectivity index (χ0) is 20.1. The van der Waals surface area contributed by atoms with E-state index in [1.165, 1.54) is 5.56 Å². The predicted octanol–water partition coefficient (Wildman–Crippen LogP) is 3.56. The first-order valence-electron chi connectivity index (χ1n) is 10.4. The number of likely N-dealkylation sites (tertiary alicyclic amines) is 1. The number of pyridine rings is 1. The molecular weight excluding hydrogens is 386 g/mol. The molecule has 2 aromatic rings. The summed E-state index contributed by atoms with van der Waals surface area (Å²) in [7, 11) is 0. The highest BCUT2D eigenvalue weighted by Gasteiger charge is 2.37. The maximum absolute atomic E-state index is 13.1. The van der Waals surface area contributed by atoms with E-state index in [2.05, 4.69) is 21.3 Å². The molecule has 1 aromatic carbocycles. The lowest BCUT2D eigenvalue weighted by molar-refractivity contribution is -0.126. The number of amides is 1. The van der Waals surface area contributed by atoms with Crippen molar-refractivity contribution >= 4 is 17.5 Å². The SMILES string of the molecule is O=C(NCC1(c2cccc(Cl)c2)CCOCC1)C1CCCN1Cc1ccccn1. The smallest absolute Gasteiger partial charge is 0.237 e. The van der Waals surface area contributed by atoms with Gasteiger partial charge in [-0.15, -0.1) is 0 Å². The number of benzene rings is 1. The first-order chi connectivity index (χ1) is 14.2. The molecule has 6 heteroatoms. The summed E-state index contributed by atoms with van der Waals surface area (Å²) in [5.74, 6) is 0.117. The molecule has 2 aliphatic heterocycles. The highest BCUT2D eigenvalue weighted by atomic mass is 35.5. The van der Waals surface area contributed by atoms with Gasteiger partial charge in [0.1, 0.15) is 0 Å². The average molecular weight is 414 g/mol. The fourth-order valence-electron chi connectivity index (χ4n) is 4.53. The van der Waals surface area contributed by atoms with Gasteiger partial charge >= 0.3 is 0 Å².